The van der Waals surface area contributed by atoms with Gasteiger partial charge < -0.3 is 25.5 Å². The fraction of sp³-hybridized carbons (Fsp3) is 0.250. The van der Waals surface area contributed by atoms with Crippen molar-refractivity contribution < 1.29 is 150 Å². The van der Waals surface area contributed by atoms with Crippen molar-refractivity contribution in [2.75, 3.05) is 0 Å². The third kappa shape index (κ3) is 41.8. The number of fused-ring (bicyclic) bond motifs is 5. The molecular weight excluding hydrogens is 2630 g/mol. The van der Waals surface area contributed by atoms with Crippen LogP contribution in [0.3, 0.4) is 0 Å². The molecule has 0 saturated heterocycles. The van der Waals surface area contributed by atoms with E-state index in [-0.39, 0.29) is 158 Å². The summed E-state index contributed by atoms with van der Waals surface area (Å²) in [5, 5.41) is 47.9. The molecular formula is C120H130Ir5N5O10-5. The Morgan fingerprint density at radius 1 is 0.243 bits per heavy atom. The predicted molar refractivity (Wildman–Crippen MR) is 560 cm³/mol. The Labute approximate surface area is 897 Å². The zero-order valence-electron chi connectivity index (χ0n) is 85.9. The molecule has 0 aliphatic carbocycles. The second-order valence-corrected chi connectivity index (χ2v) is 34.7. The smallest absolute Gasteiger partial charge is 0.155 e. The molecule has 0 aliphatic rings. The van der Waals surface area contributed by atoms with Crippen LogP contribution in [0.2, 0.25) is 0 Å². The van der Waals surface area contributed by atoms with Crippen LogP contribution in [0.4, 0.5) is 0 Å². The van der Waals surface area contributed by atoms with Crippen LogP contribution in [0.1, 0.15) is 181 Å². The average molecular weight is 2760 g/mol. The summed E-state index contributed by atoms with van der Waals surface area (Å²) >= 11 is 0. The van der Waals surface area contributed by atoms with Gasteiger partial charge in [-0.05, 0) is 253 Å². The summed E-state index contributed by atoms with van der Waals surface area (Å²) in [4.78, 5) is 74.2. The predicted octanol–water partition coefficient (Wildman–Crippen LogP) is 29.9. The molecule has 0 amide bonds. The standard InChI is InChI=1S/C20H20N.3C19H18N.C18H16N.5C5H8O2.5Ir/c1-12-8-15(4)17-6-7-19(21-20(17)9-12)18-11-14(3)13(2)10-16(18)5;1-12-7-13(2)10-16(9-12)18-6-5-17-15(4)8-14(3)11-19(17)20-18;1-12-9-15(4)17-7-8-18(20-19(17)10-12)16-6-5-13(2)14(3)11-16;1-12-10-14(3)16-8-9-18(20-19(16)11-12)17-7-5-6-13(2)15(17)4;1-12-5-4-6-15(10-12)17-8-7-16-14(3)9-13(2)11-18(16)19-17;5*1-4(6)3-5(2)7;;;;;/h6-10H,1-5H3;5-9,11H,1-4H3;5,7-11H,1-4H3;5-6,8-11H,1-4H3;4-5,7-11H,1-3H3;5*3,6H,1-2H3;;;;;/q5*-1;;;;;;;;;;. The molecule has 0 atom stereocenters. The molecule has 10 aromatic carbocycles. The van der Waals surface area contributed by atoms with Crippen molar-refractivity contribution in [1.29, 1.82) is 0 Å². The van der Waals surface area contributed by atoms with Gasteiger partial charge in [-0.15, -0.1) is 174 Å². The molecule has 0 unspecified atom stereocenters. The molecule has 5 N–H and O–H groups in total. The Bertz CT molecular complexity index is 6850. The van der Waals surface area contributed by atoms with Crippen LogP contribution < -0.4 is 0 Å². The van der Waals surface area contributed by atoms with Gasteiger partial charge in [0.2, 0.25) is 0 Å². The maximum atomic E-state index is 10.0. The van der Waals surface area contributed by atoms with Gasteiger partial charge in [-0.3, -0.25) is 48.9 Å². The SMILES string of the molecule is CC(=O)C=C(C)O.CC(=O)C=C(C)O.CC(=O)C=C(C)O.CC(=O)C=C(C)O.CC(=O)C=C(C)O.Cc1[c-]c(-c2ccc3c(C)cc(C)cc3n2)cc(C)c1.Cc1cc(C)c2ccc(-c3[c-]c(C)c(C)cc3C)nc2c1.Cc1cc(C)c2ccc(-c3[c-]cc(C)c(C)c3)nc2c1.Cc1cc(C)c2ccc(-c3[c-]ccc(C)c3C)nc2c1.Cc1cc[c-]c(-c2ccc3c(C)cc(C)cc3n2)c1.[Ir].[Ir].[Ir].[Ir].[Ir]. The fourth-order valence-electron chi connectivity index (χ4n) is 14.9. The largest absolute Gasteiger partial charge is 0.512 e. The van der Waals surface area contributed by atoms with Crippen molar-refractivity contribution in [3.05, 3.63) is 383 Å². The van der Waals surface area contributed by atoms with Crippen molar-refractivity contribution in [1.82, 2.24) is 24.9 Å². The zero-order valence-corrected chi connectivity index (χ0v) is 97.9. The number of benzene rings is 10. The number of aromatic nitrogens is 5. The van der Waals surface area contributed by atoms with E-state index in [2.05, 4.69) is 333 Å². The topological polar surface area (TPSA) is 251 Å². The van der Waals surface area contributed by atoms with Crippen LogP contribution in [0.5, 0.6) is 0 Å². The van der Waals surface area contributed by atoms with E-state index in [0.29, 0.717) is 0 Å². The molecule has 20 heteroatoms. The molecule has 0 spiro atoms. The Balaban J connectivity index is 0.000000800. The van der Waals surface area contributed by atoms with Crippen LogP contribution in [-0.4, -0.2) is 79.4 Å². The minimum Gasteiger partial charge on any atom is -0.512 e. The third-order valence-corrected chi connectivity index (χ3v) is 21.0. The number of carbonyl (C=O) groups is 5. The normalized spacial score (nSPS) is 10.7. The number of aliphatic hydroxyl groups is 5. The van der Waals surface area contributed by atoms with Crippen molar-refractivity contribution in [2.24, 2.45) is 0 Å². The second kappa shape index (κ2) is 60.6. The van der Waals surface area contributed by atoms with Crippen LogP contribution in [-0.2, 0) is 124 Å². The molecule has 5 heterocycles. The van der Waals surface area contributed by atoms with Gasteiger partial charge in [0, 0.05) is 158 Å². The van der Waals surface area contributed by atoms with Gasteiger partial charge in [-0.1, -0.05) is 160 Å². The molecule has 15 aromatic rings. The summed E-state index contributed by atoms with van der Waals surface area (Å²) < 4.78 is 0. The monoisotopic (exact) mass is 2770 g/mol. The van der Waals surface area contributed by atoms with E-state index >= 15 is 0 Å². The molecule has 15 rings (SSSR count). The molecule has 745 valence electrons. The molecule has 0 aliphatic heterocycles. The Morgan fingerprint density at radius 3 is 0.829 bits per heavy atom. The maximum Gasteiger partial charge on any atom is 0.155 e. The van der Waals surface area contributed by atoms with Gasteiger partial charge in [-0.25, -0.2) is 0 Å². The van der Waals surface area contributed by atoms with Crippen molar-refractivity contribution in [3.63, 3.8) is 0 Å². The van der Waals surface area contributed by atoms with E-state index in [1.54, 1.807) is 0 Å². The van der Waals surface area contributed by atoms with Crippen LogP contribution in [0, 0.1) is 169 Å². The van der Waals surface area contributed by atoms with Crippen LogP contribution in [0.15, 0.2) is 241 Å². The molecule has 0 fully saturated rings. The van der Waals surface area contributed by atoms with E-state index in [1.165, 1.54) is 232 Å². The summed E-state index contributed by atoms with van der Waals surface area (Å²) in [6, 6.07) is 80.7. The van der Waals surface area contributed by atoms with Crippen molar-refractivity contribution >= 4 is 83.4 Å². The maximum absolute atomic E-state index is 10.0. The van der Waals surface area contributed by atoms with E-state index in [0.717, 1.165) is 89.4 Å². The van der Waals surface area contributed by atoms with Gasteiger partial charge in [-0.2, -0.15) is 0 Å². The molecule has 0 saturated carbocycles. The molecule has 15 nitrogen and oxygen atoms in total. The Hall–Kier alpha value is -11.5. The number of nitrogens with zero attached hydrogens (tertiary/aromatic N) is 5. The van der Waals surface area contributed by atoms with Gasteiger partial charge in [0.25, 0.3) is 0 Å². The first-order valence-electron chi connectivity index (χ1n) is 44.6. The number of hydrogen-bond acceptors (Lipinski definition) is 15. The van der Waals surface area contributed by atoms with Gasteiger partial charge in [0.05, 0.1) is 56.4 Å². The van der Waals surface area contributed by atoms with E-state index < -0.39 is 0 Å². The van der Waals surface area contributed by atoms with Crippen LogP contribution in [0.25, 0.3) is 111 Å². The number of aryl methyl sites for hydroxylation is 19. The average Bonchev–Trinajstić information content (AvgIpc) is 0.786. The summed E-state index contributed by atoms with van der Waals surface area (Å²) in [5.41, 5.74) is 40.8. The van der Waals surface area contributed by atoms with E-state index in [9.17, 15) is 24.0 Å². The number of aliphatic hydroxyl groups excluding tert-OH is 5. The van der Waals surface area contributed by atoms with Crippen molar-refractivity contribution in [3.8, 4) is 56.3 Å². The first kappa shape index (κ1) is 127. The molecule has 5 aromatic heterocycles. The zero-order chi connectivity index (χ0) is 101. The first-order valence-corrected chi connectivity index (χ1v) is 44.6. The van der Waals surface area contributed by atoms with Crippen molar-refractivity contribution in [2.45, 2.75) is 208 Å². The third-order valence-electron chi connectivity index (χ3n) is 21.0. The number of ketones is 5. The number of pyridine rings is 5. The molecule has 5 radical (unpaired) electrons. The summed E-state index contributed by atoms with van der Waals surface area (Å²) in [5.74, 6) is -0.312. The fourth-order valence-corrected chi connectivity index (χ4v) is 14.9. The minimum atomic E-state index is -0.125. The van der Waals surface area contributed by atoms with Gasteiger partial charge in [0.1, 0.15) is 0 Å². The van der Waals surface area contributed by atoms with Gasteiger partial charge in [0.15, 0.2) is 28.9 Å². The van der Waals surface area contributed by atoms with Gasteiger partial charge >= 0.3 is 0 Å². The second-order valence-electron chi connectivity index (χ2n) is 34.7. The minimum absolute atomic E-state index is 0. The summed E-state index contributed by atoms with van der Waals surface area (Å²) in [7, 11) is 0. The van der Waals surface area contributed by atoms with Crippen LogP contribution >= 0.6 is 0 Å². The van der Waals surface area contributed by atoms with E-state index in [4.69, 9.17) is 50.5 Å². The Morgan fingerprint density at radius 2 is 0.529 bits per heavy atom. The quantitative estimate of drug-likeness (QED) is 0.0485. The number of allylic oxidation sites excluding steroid dienone is 10. The molecule has 0 bridgehead atoms. The molecule has 140 heavy (non-hydrogen) atoms. The number of rotatable bonds is 10. The first-order chi connectivity index (χ1) is 63.3. The number of carbonyl (C=O) groups excluding carboxylic acids is 5. The summed E-state index contributed by atoms with van der Waals surface area (Å²) in [6.07, 6.45) is 5.83. The summed E-state index contributed by atoms with van der Waals surface area (Å²) in [6.45, 7) is 56.6. The Kier molecular flexibility index (Phi) is 54.8. The number of hydrogen-bond donors (Lipinski definition) is 5. The van der Waals surface area contributed by atoms with E-state index in [1.807, 2.05) is 18.2 Å².